The van der Waals surface area contributed by atoms with Crippen molar-refractivity contribution in [2.75, 3.05) is 19.6 Å². The first-order chi connectivity index (χ1) is 17.7. The van der Waals surface area contributed by atoms with Crippen LogP contribution in [0, 0.1) is 10.1 Å². The monoisotopic (exact) mass is 651 g/mol. The Morgan fingerprint density at radius 2 is 1.68 bits per heavy atom. The molecular formula is C25H23Br2N3O6S. The molecule has 9 nitrogen and oxygen atoms in total. The Kier molecular flexibility index (Phi) is 9.04. The molecule has 0 aromatic heterocycles. The van der Waals surface area contributed by atoms with Crippen molar-refractivity contribution in [2.45, 2.75) is 32.3 Å². The lowest BCUT2D eigenvalue weighted by atomic mass is 10.2. The van der Waals surface area contributed by atoms with Crippen molar-refractivity contribution in [3.8, 4) is 5.75 Å². The van der Waals surface area contributed by atoms with Crippen molar-refractivity contribution in [3.05, 3.63) is 71.5 Å². The van der Waals surface area contributed by atoms with Crippen LogP contribution in [0.15, 0.2) is 50.2 Å². The molecule has 0 spiro atoms. The van der Waals surface area contributed by atoms with Crippen molar-refractivity contribution in [2.24, 2.45) is 0 Å². The Bertz CT molecular complexity index is 1240. The van der Waals surface area contributed by atoms with Gasteiger partial charge in [-0.2, -0.15) is 0 Å². The molecule has 2 saturated heterocycles. The van der Waals surface area contributed by atoms with E-state index < -0.39 is 16.1 Å². The van der Waals surface area contributed by atoms with Gasteiger partial charge in [0.25, 0.3) is 16.8 Å². The molecule has 3 amide bonds. The van der Waals surface area contributed by atoms with Gasteiger partial charge in [-0.05, 0) is 97.9 Å². The summed E-state index contributed by atoms with van der Waals surface area (Å²) in [4.78, 5) is 51.5. The van der Waals surface area contributed by atoms with Crippen LogP contribution >= 0.6 is 43.6 Å². The number of imide groups is 1. The normalized spacial score (nSPS) is 17.3. The zero-order valence-corrected chi connectivity index (χ0v) is 23.6. The minimum Gasteiger partial charge on any atom is -0.487 e. The number of hydrogen-bond donors (Lipinski definition) is 0. The first-order valence-corrected chi connectivity index (χ1v) is 14.0. The smallest absolute Gasteiger partial charge is 0.294 e. The Hall–Kier alpha value is -2.70. The Morgan fingerprint density at radius 3 is 2.27 bits per heavy atom. The van der Waals surface area contributed by atoms with E-state index in [0.717, 1.165) is 47.9 Å². The Balaban J connectivity index is 1.42. The molecule has 0 bridgehead atoms. The largest absolute Gasteiger partial charge is 0.487 e. The first-order valence-electron chi connectivity index (χ1n) is 11.6. The number of nitro benzene ring substituents is 1. The highest BCUT2D eigenvalue weighted by molar-refractivity contribution is 9.11. The summed E-state index contributed by atoms with van der Waals surface area (Å²) in [5.74, 6) is -0.166. The van der Waals surface area contributed by atoms with Crippen LogP contribution in [0.5, 0.6) is 5.75 Å². The average Bonchev–Trinajstić information content (AvgIpc) is 3.04. The Labute approximate surface area is 234 Å². The molecule has 2 aromatic rings. The predicted molar refractivity (Wildman–Crippen MR) is 147 cm³/mol. The van der Waals surface area contributed by atoms with Crippen LogP contribution in [-0.2, 0) is 16.2 Å². The van der Waals surface area contributed by atoms with Crippen molar-refractivity contribution >= 4 is 72.4 Å². The molecular weight excluding hydrogens is 630 g/mol. The number of amides is 3. The summed E-state index contributed by atoms with van der Waals surface area (Å²) in [5, 5.41) is 10.4. The molecule has 2 fully saturated rings. The molecule has 0 atom stereocenters. The number of rotatable bonds is 7. The molecule has 37 heavy (non-hydrogen) atoms. The second-order valence-electron chi connectivity index (χ2n) is 8.59. The maximum Gasteiger partial charge on any atom is 0.294 e. The highest BCUT2D eigenvalue weighted by Gasteiger charge is 2.37. The number of nitro groups is 1. The summed E-state index contributed by atoms with van der Waals surface area (Å²) >= 11 is 7.78. The summed E-state index contributed by atoms with van der Waals surface area (Å²) < 4.78 is 7.12. The summed E-state index contributed by atoms with van der Waals surface area (Å²) in [6.45, 7) is 1.26. The maximum atomic E-state index is 12.9. The standard InChI is InChI=1S/C25H23Br2N3O6S/c26-19-11-17(12-20(27)23(19)36-15-16-5-7-18(8-6-16)30(34)35)13-21-24(32)29(25(33)37-21)14-22(31)28-9-3-1-2-4-10-28/h5-8,11-13H,1-4,9-10,14-15H2. The fraction of sp³-hybridized carbons (Fsp3) is 0.320. The zero-order chi connectivity index (χ0) is 26.5. The number of carbonyl (C=O) groups is 3. The van der Waals surface area contributed by atoms with Gasteiger partial charge in [0.15, 0.2) is 0 Å². The lowest BCUT2D eigenvalue weighted by Crippen LogP contribution is -2.42. The van der Waals surface area contributed by atoms with Crippen LogP contribution in [0.2, 0.25) is 0 Å². The number of nitrogens with zero attached hydrogens (tertiary/aromatic N) is 3. The quantitative estimate of drug-likeness (QED) is 0.201. The van der Waals surface area contributed by atoms with E-state index in [4.69, 9.17) is 4.74 Å². The summed E-state index contributed by atoms with van der Waals surface area (Å²) in [7, 11) is 0. The van der Waals surface area contributed by atoms with E-state index in [1.807, 2.05) is 0 Å². The molecule has 12 heteroatoms. The number of benzene rings is 2. The number of carbonyl (C=O) groups excluding carboxylic acids is 3. The molecule has 2 aromatic carbocycles. The van der Waals surface area contributed by atoms with Crippen LogP contribution in [0.25, 0.3) is 6.08 Å². The fourth-order valence-electron chi connectivity index (χ4n) is 4.01. The van der Waals surface area contributed by atoms with Gasteiger partial charge in [0, 0.05) is 25.2 Å². The minimum absolute atomic E-state index is 0.00573. The van der Waals surface area contributed by atoms with Crippen molar-refractivity contribution in [1.82, 2.24) is 9.80 Å². The highest BCUT2D eigenvalue weighted by Crippen LogP contribution is 2.38. The summed E-state index contributed by atoms with van der Waals surface area (Å²) in [6.07, 6.45) is 5.65. The van der Waals surface area contributed by atoms with E-state index in [0.29, 0.717) is 33.3 Å². The Morgan fingerprint density at radius 1 is 1.05 bits per heavy atom. The van der Waals surface area contributed by atoms with E-state index >= 15 is 0 Å². The second-order valence-corrected chi connectivity index (χ2v) is 11.3. The highest BCUT2D eigenvalue weighted by atomic mass is 79.9. The topological polar surface area (TPSA) is 110 Å². The van der Waals surface area contributed by atoms with E-state index in [2.05, 4.69) is 31.9 Å². The molecule has 2 heterocycles. The van der Waals surface area contributed by atoms with Crippen molar-refractivity contribution in [3.63, 3.8) is 0 Å². The van der Waals surface area contributed by atoms with Gasteiger partial charge in [0.2, 0.25) is 5.91 Å². The third kappa shape index (κ3) is 6.79. The minimum atomic E-state index is -0.482. The van der Waals surface area contributed by atoms with E-state index in [1.54, 1.807) is 35.2 Å². The first kappa shape index (κ1) is 27.3. The van der Waals surface area contributed by atoms with Gasteiger partial charge in [-0.1, -0.05) is 12.8 Å². The molecule has 194 valence electrons. The van der Waals surface area contributed by atoms with Crippen LogP contribution in [0.1, 0.15) is 36.8 Å². The van der Waals surface area contributed by atoms with Crippen LogP contribution < -0.4 is 4.74 Å². The number of thioether (sulfide) groups is 1. The third-order valence-corrected chi connectivity index (χ3v) is 8.06. The second kappa shape index (κ2) is 12.2. The maximum absolute atomic E-state index is 12.9. The SMILES string of the molecule is O=C(CN1C(=O)SC(=Cc2cc(Br)c(OCc3ccc([N+](=O)[O-])cc3)c(Br)c2)C1=O)N1CCCCCC1. The number of non-ortho nitro benzene ring substituents is 1. The van der Waals surface area contributed by atoms with Crippen molar-refractivity contribution < 1.29 is 24.0 Å². The summed E-state index contributed by atoms with van der Waals surface area (Å²) in [6, 6.07) is 9.60. The lowest BCUT2D eigenvalue weighted by molar-refractivity contribution is -0.384. The van der Waals surface area contributed by atoms with Gasteiger partial charge in [-0.3, -0.25) is 29.4 Å². The van der Waals surface area contributed by atoms with Gasteiger partial charge in [0.05, 0.1) is 18.8 Å². The molecule has 2 aliphatic heterocycles. The van der Waals surface area contributed by atoms with E-state index in [1.165, 1.54) is 12.1 Å². The number of halogens is 2. The molecule has 0 unspecified atom stereocenters. The molecule has 2 aliphatic rings. The summed E-state index contributed by atoms with van der Waals surface area (Å²) in [5.41, 5.74) is 1.42. The molecule has 0 N–H and O–H groups in total. The number of ether oxygens (including phenoxy) is 1. The van der Waals surface area contributed by atoms with E-state index in [9.17, 15) is 24.5 Å². The van der Waals surface area contributed by atoms with Gasteiger partial charge >= 0.3 is 0 Å². The van der Waals surface area contributed by atoms with Crippen molar-refractivity contribution in [1.29, 1.82) is 0 Å². The van der Waals surface area contributed by atoms with E-state index in [-0.39, 0.29) is 29.7 Å². The third-order valence-electron chi connectivity index (χ3n) is 5.97. The number of hydrogen-bond acceptors (Lipinski definition) is 7. The van der Waals surface area contributed by atoms with Gasteiger partial charge in [-0.15, -0.1) is 0 Å². The molecule has 0 radical (unpaired) electrons. The molecule has 0 saturated carbocycles. The van der Waals surface area contributed by atoms with Crippen LogP contribution in [0.4, 0.5) is 10.5 Å². The molecule has 0 aliphatic carbocycles. The number of likely N-dealkylation sites (tertiary alicyclic amines) is 1. The zero-order valence-electron chi connectivity index (χ0n) is 19.7. The van der Waals surface area contributed by atoms with Crippen LogP contribution in [0.3, 0.4) is 0 Å². The predicted octanol–water partition coefficient (Wildman–Crippen LogP) is 6.14. The van der Waals surface area contributed by atoms with Gasteiger partial charge < -0.3 is 9.64 Å². The van der Waals surface area contributed by atoms with Gasteiger partial charge in [-0.25, -0.2) is 0 Å². The fourth-order valence-corrected chi connectivity index (χ4v) is 6.30. The lowest BCUT2D eigenvalue weighted by Gasteiger charge is -2.22. The average molecular weight is 653 g/mol. The van der Waals surface area contributed by atoms with Crippen LogP contribution in [-0.4, -0.2) is 51.4 Å². The molecule has 4 rings (SSSR count). The van der Waals surface area contributed by atoms with Gasteiger partial charge in [0.1, 0.15) is 18.9 Å².